The minimum Gasteiger partial charge on any atom is -1.00 e. The summed E-state index contributed by atoms with van der Waals surface area (Å²) in [4.78, 5) is 10.3. The van der Waals surface area contributed by atoms with Gasteiger partial charge in [-0.15, -0.1) is 0 Å². The van der Waals surface area contributed by atoms with Crippen LogP contribution in [0.1, 0.15) is 22.1 Å². The second-order valence-electron chi connectivity index (χ2n) is 2.30. The smallest absolute Gasteiger partial charge is 1.00 e. The van der Waals surface area contributed by atoms with Crippen molar-refractivity contribution in [2.75, 3.05) is 0 Å². The Morgan fingerprint density at radius 2 is 2.40 bits per heavy atom. The predicted molar refractivity (Wildman–Crippen MR) is 42.1 cm³/mol. The Morgan fingerprint density at radius 3 is 2.70 bits per heavy atom. The van der Waals surface area contributed by atoms with E-state index in [9.17, 15) is 4.79 Å². The van der Waals surface area contributed by atoms with Gasteiger partial charge in [0.1, 0.15) is 0 Å². The van der Waals surface area contributed by atoms with Crippen LogP contribution in [0.2, 0.25) is 0 Å². The summed E-state index contributed by atoms with van der Waals surface area (Å²) in [6.45, 7) is 0. The summed E-state index contributed by atoms with van der Waals surface area (Å²) < 4.78 is 0. The summed E-state index contributed by atoms with van der Waals surface area (Å²) in [5.41, 5.74) is 0. The van der Waals surface area contributed by atoms with Gasteiger partial charge in [-0.1, -0.05) is 12.2 Å². The molecular formula is C7H12CaO2. The van der Waals surface area contributed by atoms with Gasteiger partial charge in [0, 0.05) is 0 Å². The van der Waals surface area contributed by atoms with Crippen LogP contribution in [0.3, 0.4) is 0 Å². The first-order chi connectivity index (χ1) is 4.30. The second-order valence-corrected chi connectivity index (χ2v) is 2.30. The van der Waals surface area contributed by atoms with Crippen LogP contribution in [0.15, 0.2) is 12.2 Å². The Bertz CT molecular complexity index is 150. The van der Waals surface area contributed by atoms with Crippen LogP contribution >= 0.6 is 0 Å². The maximum atomic E-state index is 10.3. The van der Waals surface area contributed by atoms with Gasteiger partial charge in [0.05, 0.1) is 5.92 Å². The predicted octanol–water partition coefficient (Wildman–Crippen LogP) is 1.27. The Balaban J connectivity index is -0.000000270. The van der Waals surface area contributed by atoms with Gasteiger partial charge in [0.25, 0.3) is 0 Å². The third-order valence-corrected chi connectivity index (χ3v) is 1.57. The van der Waals surface area contributed by atoms with E-state index >= 15 is 0 Å². The van der Waals surface area contributed by atoms with E-state index in [-0.39, 0.29) is 46.5 Å². The fourth-order valence-corrected chi connectivity index (χ4v) is 1.02. The molecule has 0 saturated carbocycles. The number of hydrogen-bond donors (Lipinski definition) is 1. The van der Waals surface area contributed by atoms with Gasteiger partial charge in [0.15, 0.2) is 0 Å². The van der Waals surface area contributed by atoms with E-state index in [0.29, 0.717) is 0 Å². The van der Waals surface area contributed by atoms with Gasteiger partial charge < -0.3 is 7.96 Å². The van der Waals surface area contributed by atoms with Crippen LogP contribution in [-0.2, 0) is 4.79 Å². The molecule has 1 aliphatic carbocycles. The summed E-state index contributed by atoms with van der Waals surface area (Å²) in [5.74, 6) is -0.898. The number of aliphatic carboxylic acids is 1. The third kappa shape index (κ3) is 3.04. The molecule has 0 aliphatic heterocycles. The van der Waals surface area contributed by atoms with E-state index in [0.717, 1.165) is 19.3 Å². The van der Waals surface area contributed by atoms with Gasteiger partial charge in [-0.25, -0.2) is 0 Å². The van der Waals surface area contributed by atoms with Crippen LogP contribution in [0.25, 0.3) is 0 Å². The molecule has 3 heteroatoms. The monoisotopic (exact) mass is 168 g/mol. The molecule has 0 aromatic heterocycles. The zero-order valence-corrected chi connectivity index (χ0v) is 8.12. The molecular weight excluding hydrogens is 156 g/mol. The molecule has 2 nitrogen and oxygen atoms in total. The van der Waals surface area contributed by atoms with Gasteiger partial charge in [-0.05, 0) is 19.3 Å². The SMILES string of the molecule is O=C(O)C1C=CCCC1.[Ca+2].[H-].[H-]. The van der Waals surface area contributed by atoms with Crippen molar-refractivity contribution in [1.82, 2.24) is 0 Å². The average molecular weight is 168 g/mol. The van der Waals surface area contributed by atoms with Crippen LogP contribution < -0.4 is 0 Å². The van der Waals surface area contributed by atoms with Crippen molar-refractivity contribution >= 4 is 43.7 Å². The topological polar surface area (TPSA) is 37.3 Å². The van der Waals surface area contributed by atoms with Crippen molar-refractivity contribution in [3.8, 4) is 0 Å². The molecule has 1 unspecified atom stereocenters. The minimum absolute atomic E-state index is 0. The molecule has 10 heavy (non-hydrogen) atoms. The second kappa shape index (κ2) is 5.16. The van der Waals surface area contributed by atoms with Crippen molar-refractivity contribution in [1.29, 1.82) is 0 Å². The maximum absolute atomic E-state index is 10.3. The first-order valence-electron chi connectivity index (χ1n) is 3.20. The zero-order chi connectivity index (χ0) is 6.69. The fourth-order valence-electron chi connectivity index (χ4n) is 1.02. The summed E-state index contributed by atoms with van der Waals surface area (Å²) in [6.07, 6.45) is 6.61. The summed E-state index contributed by atoms with van der Waals surface area (Å²) >= 11 is 0. The number of carboxylic acid groups (broad SMARTS) is 1. The molecule has 54 valence electrons. The molecule has 0 aromatic rings. The fraction of sp³-hybridized carbons (Fsp3) is 0.571. The summed E-state index contributed by atoms with van der Waals surface area (Å²) in [5, 5.41) is 8.49. The van der Waals surface area contributed by atoms with Crippen molar-refractivity contribution in [3.63, 3.8) is 0 Å². The van der Waals surface area contributed by atoms with E-state index in [1.807, 2.05) is 6.08 Å². The van der Waals surface area contributed by atoms with E-state index in [4.69, 9.17) is 5.11 Å². The number of carbonyl (C=O) groups is 1. The Morgan fingerprint density at radius 1 is 1.70 bits per heavy atom. The van der Waals surface area contributed by atoms with Crippen molar-refractivity contribution in [2.24, 2.45) is 5.92 Å². The van der Waals surface area contributed by atoms with E-state index in [1.54, 1.807) is 6.08 Å². The normalized spacial score (nSPS) is 23.4. The molecule has 0 bridgehead atoms. The van der Waals surface area contributed by atoms with Crippen molar-refractivity contribution in [3.05, 3.63) is 12.2 Å². The van der Waals surface area contributed by atoms with Crippen LogP contribution in [0.5, 0.6) is 0 Å². The molecule has 1 rings (SSSR count). The van der Waals surface area contributed by atoms with E-state index < -0.39 is 5.97 Å². The Labute approximate surface area is 93.3 Å². The van der Waals surface area contributed by atoms with Crippen LogP contribution in [0, 0.1) is 5.92 Å². The first-order valence-corrected chi connectivity index (χ1v) is 3.20. The Kier molecular flexibility index (Phi) is 5.41. The van der Waals surface area contributed by atoms with E-state index in [1.165, 1.54) is 0 Å². The molecule has 1 atom stereocenters. The van der Waals surface area contributed by atoms with Crippen molar-refractivity contribution < 1.29 is 12.8 Å². The molecule has 0 radical (unpaired) electrons. The average Bonchev–Trinajstić information content (AvgIpc) is 1.90. The number of allylic oxidation sites excluding steroid dienone is 1. The molecule has 0 amide bonds. The van der Waals surface area contributed by atoms with Crippen LogP contribution in [0.4, 0.5) is 0 Å². The van der Waals surface area contributed by atoms with Gasteiger partial charge in [-0.2, -0.15) is 0 Å². The van der Waals surface area contributed by atoms with Crippen molar-refractivity contribution in [2.45, 2.75) is 19.3 Å². The molecule has 0 aromatic carbocycles. The van der Waals surface area contributed by atoms with Gasteiger partial charge in [0.2, 0.25) is 0 Å². The first kappa shape index (κ1) is 10.5. The zero-order valence-electron chi connectivity index (χ0n) is 7.92. The molecule has 0 saturated heterocycles. The Hall–Kier alpha value is 0.470. The summed E-state index contributed by atoms with van der Waals surface area (Å²) in [6, 6.07) is 0. The molecule has 0 heterocycles. The number of rotatable bonds is 1. The third-order valence-electron chi connectivity index (χ3n) is 1.57. The van der Waals surface area contributed by atoms with Crippen LogP contribution in [-0.4, -0.2) is 48.8 Å². The number of carboxylic acids is 1. The van der Waals surface area contributed by atoms with Gasteiger partial charge >= 0.3 is 43.7 Å². The quantitative estimate of drug-likeness (QED) is 0.473. The maximum Gasteiger partial charge on any atom is 2.00 e. The molecule has 0 spiro atoms. The van der Waals surface area contributed by atoms with Gasteiger partial charge in [-0.3, -0.25) is 4.79 Å². The summed E-state index contributed by atoms with van der Waals surface area (Å²) in [7, 11) is 0. The van der Waals surface area contributed by atoms with E-state index in [2.05, 4.69) is 0 Å². The largest absolute Gasteiger partial charge is 2.00 e. The standard InChI is InChI=1S/C7H10O2.Ca.2H/c8-7(9)6-4-2-1-3-5-6;;;/h2,4,6H,1,3,5H2,(H,8,9);;;/q;+2;2*-1. The molecule has 1 N–H and O–H groups in total. The molecule has 1 aliphatic rings. The molecule has 0 fully saturated rings. The minimum atomic E-state index is -0.689. The number of hydrogen-bond acceptors (Lipinski definition) is 1.